The maximum Gasteiger partial charge on any atom is 0.390 e. The highest BCUT2D eigenvalue weighted by molar-refractivity contribution is 6.17. The van der Waals surface area contributed by atoms with Gasteiger partial charge < -0.3 is 5.32 Å². The standard InChI is InChI=1S/C10H11ClF3N/c11-7-8-1-3-9(4-2-8)15-6-5-10(12,13)14/h1-4,15H,5-7H2. The zero-order valence-corrected chi connectivity index (χ0v) is 8.70. The smallest absolute Gasteiger partial charge is 0.385 e. The molecule has 0 aliphatic carbocycles. The van der Waals surface area contributed by atoms with E-state index in [1.807, 2.05) is 0 Å². The molecule has 0 amide bonds. The quantitative estimate of drug-likeness (QED) is 0.786. The fourth-order valence-electron chi connectivity index (χ4n) is 1.06. The maximum atomic E-state index is 11.8. The molecule has 0 aromatic heterocycles. The molecule has 0 aliphatic heterocycles. The summed E-state index contributed by atoms with van der Waals surface area (Å²) in [4.78, 5) is 0. The zero-order valence-electron chi connectivity index (χ0n) is 7.94. The Morgan fingerprint density at radius 1 is 1.13 bits per heavy atom. The second-order valence-corrected chi connectivity index (χ2v) is 3.39. The largest absolute Gasteiger partial charge is 0.390 e. The van der Waals surface area contributed by atoms with Crippen LogP contribution in [0.2, 0.25) is 0 Å². The van der Waals surface area contributed by atoms with Crippen molar-refractivity contribution in [1.82, 2.24) is 0 Å². The molecule has 84 valence electrons. The van der Waals surface area contributed by atoms with Crippen LogP contribution >= 0.6 is 11.6 Å². The van der Waals surface area contributed by atoms with Crippen molar-refractivity contribution in [2.75, 3.05) is 11.9 Å². The number of hydrogen-bond donors (Lipinski definition) is 1. The van der Waals surface area contributed by atoms with Gasteiger partial charge in [-0.1, -0.05) is 12.1 Å². The summed E-state index contributed by atoms with van der Waals surface area (Å²) in [6.45, 7) is -0.107. The lowest BCUT2D eigenvalue weighted by atomic mass is 10.2. The van der Waals surface area contributed by atoms with Gasteiger partial charge in [0, 0.05) is 18.1 Å². The Bertz CT molecular complexity index is 295. The Kier molecular flexibility index (Phi) is 4.27. The van der Waals surface area contributed by atoms with E-state index in [9.17, 15) is 13.2 Å². The van der Waals surface area contributed by atoms with Crippen LogP contribution in [-0.2, 0) is 5.88 Å². The van der Waals surface area contributed by atoms with Crippen molar-refractivity contribution < 1.29 is 13.2 Å². The average molecular weight is 238 g/mol. The molecule has 1 aromatic rings. The number of anilines is 1. The van der Waals surface area contributed by atoms with E-state index >= 15 is 0 Å². The van der Waals surface area contributed by atoms with Crippen LogP contribution < -0.4 is 5.32 Å². The molecule has 0 spiro atoms. The van der Waals surface area contributed by atoms with Gasteiger partial charge in [-0.25, -0.2) is 0 Å². The predicted molar refractivity (Wildman–Crippen MR) is 55.2 cm³/mol. The lowest BCUT2D eigenvalue weighted by Gasteiger charge is -2.08. The lowest BCUT2D eigenvalue weighted by Crippen LogP contribution is -2.14. The van der Waals surface area contributed by atoms with Crippen LogP contribution in [0.25, 0.3) is 0 Å². The first-order valence-electron chi connectivity index (χ1n) is 4.47. The minimum absolute atomic E-state index is 0.107. The van der Waals surface area contributed by atoms with Crippen LogP contribution in [0.15, 0.2) is 24.3 Å². The first kappa shape index (κ1) is 12.2. The number of rotatable bonds is 4. The molecule has 1 rings (SSSR count). The molecule has 0 saturated heterocycles. The van der Waals surface area contributed by atoms with Crippen molar-refractivity contribution >= 4 is 17.3 Å². The predicted octanol–water partition coefficient (Wildman–Crippen LogP) is 3.79. The molecule has 1 N–H and O–H groups in total. The normalized spacial score (nSPS) is 11.5. The van der Waals surface area contributed by atoms with Crippen LogP contribution in [0.5, 0.6) is 0 Å². The van der Waals surface area contributed by atoms with E-state index in [4.69, 9.17) is 11.6 Å². The first-order chi connectivity index (χ1) is 7.01. The Balaban J connectivity index is 2.38. The second-order valence-electron chi connectivity index (χ2n) is 3.12. The highest BCUT2D eigenvalue weighted by Crippen LogP contribution is 2.19. The molecule has 0 atom stereocenters. The van der Waals surface area contributed by atoms with E-state index < -0.39 is 12.6 Å². The third-order valence-electron chi connectivity index (χ3n) is 1.85. The summed E-state index contributed by atoms with van der Waals surface area (Å²) in [6, 6.07) is 6.99. The number of alkyl halides is 4. The molecule has 0 heterocycles. The van der Waals surface area contributed by atoms with E-state index in [0.29, 0.717) is 11.6 Å². The molecule has 0 unspecified atom stereocenters. The minimum atomic E-state index is -4.11. The van der Waals surface area contributed by atoms with E-state index in [0.717, 1.165) is 5.56 Å². The molecule has 0 fully saturated rings. The number of nitrogens with one attached hydrogen (secondary N) is 1. The van der Waals surface area contributed by atoms with Gasteiger partial charge in [0.2, 0.25) is 0 Å². The summed E-state index contributed by atoms with van der Waals surface area (Å²) >= 11 is 5.57. The van der Waals surface area contributed by atoms with Gasteiger partial charge in [-0.05, 0) is 17.7 Å². The highest BCUT2D eigenvalue weighted by Gasteiger charge is 2.25. The molecule has 15 heavy (non-hydrogen) atoms. The highest BCUT2D eigenvalue weighted by atomic mass is 35.5. The summed E-state index contributed by atoms with van der Waals surface area (Å²) in [5.41, 5.74) is 1.62. The Hall–Kier alpha value is -0.900. The third kappa shape index (κ3) is 4.93. The number of benzene rings is 1. The fraction of sp³-hybridized carbons (Fsp3) is 0.400. The van der Waals surface area contributed by atoms with Gasteiger partial charge >= 0.3 is 6.18 Å². The molecular weight excluding hydrogens is 227 g/mol. The SMILES string of the molecule is FC(F)(F)CCNc1ccc(CCl)cc1. The van der Waals surface area contributed by atoms with Gasteiger partial charge in [0.05, 0.1) is 6.42 Å². The Morgan fingerprint density at radius 2 is 1.73 bits per heavy atom. The van der Waals surface area contributed by atoms with Crippen molar-refractivity contribution in [3.8, 4) is 0 Å². The first-order valence-corrected chi connectivity index (χ1v) is 5.00. The Morgan fingerprint density at radius 3 is 2.20 bits per heavy atom. The molecule has 0 saturated carbocycles. The van der Waals surface area contributed by atoms with Gasteiger partial charge in [0.1, 0.15) is 0 Å². The monoisotopic (exact) mass is 237 g/mol. The summed E-state index contributed by atoms with van der Waals surface area (Å²) in [7, 11) is 0. The van der Waals surface area contributed by atoms with E-state index in [-0.39, 0.29) is 6.54 Å². The summed E-state index contributed by atoms with van der Waals surface area (Å²) in [5, 5.41) is 2.69. The molecule has 5 heteroatoms. The molecule has 1 aromatic carbocycles. The van der Waals surface area contributed by atoms with Crippen molar-refractivity contribution in [1.29, 1.82) is 0 Å². The molecular formula is C10H11ClF3N. The molecule has 0 aliphatic rings. The third-order valence-corrected chi connectivity index (χ3v) is 2.15. The fourth-order valence-corrected chi connectivity index (χ4v) is 1.24. The zero-order chi connectivity index (χ0) is 11.3. The molecule has 1 nitrogen and oxygen atoms in total. The average Bonchev–Trinajstić information content (AvgIpc) is 2.17. The van der Waals surface area contributed by atoms with Gasteiger partial charge in [-0.2, -0.15) is 13.2 Å². The summed E-state index contributed by atoms with van der Waals surface area (Å²) < 4.78 is 35.5. The summed E-state index contributed by atoms with van der Waals surface area (Å²) in [5.74, 6) is 0.406. The van der Waals surface area contributed by atoms with E-state index in [1.165, 1.54) is 0 Å². The van der Waals surface area contributed by atoms with E-state index in [2.05, 4.69) is 5.32 Å². The van der Waals surface area contributed by atoms with Gasteiger partial charge in [-0.3, -0.25) is 0 Å². The molecule has 0 bridgehead atoms. The maximum absolute atomic E-state index is 11.8. The van der Waals surface area contributed by atoms with Crippen LogP contribution in [-0.4, -0.2) is 12.7 Å². The number of hydrogen-bond acceptors (Lipinski definition) is 1. The van der Waals surface area contributed by atoms with Crippen LogP contribution in [0.1, 0.15) is 12.0 Å². The van der Waals surface area contributed by atoms with Crippen LogP contribution in [0, 0.1) is 0 Å². The second kappa shape index (κ2) is 5.26. The lowest BCUT2D eigenvalue weighted by molar-refractivity contribution is -0.131. The topological polar surface area (TPSA) is 12.0 Å². The summed E-state index contributed by atoms with van der Waals surface area (Å²) in [6.07, 6.45) is -4.94. The van der Waals surface area contributed by atoms with Crippen molar-refractivity contribution in [3.63, 3.8) is 0 Å². The van der Waals surface area contributed by atoms with Gasteiger partial charge in [-0.15, -0.1) is 11.6 Å². The van der Waals surface area contributed by atoms with E-state index in [1.54, 1.807) is 24.3 Å². The van der Waals surface area contributed by atoms with Gasteiger partial charge in [0.15, 0.2) is 0 Å². The van der Waals surface area contributed by atoms with Gasteiger partial charge in [0.25, 0.3) is 0 Å². The van der Waals surface area contributed by atoms with Crippen molar-refractivity contribution in [2.24, 2.45) is 0 Å². The Labute approximate surface area is 91.2 Å². The van der Waals surface area contributed by atoms with Crippen molar-refractivity contribution in [2.45, 2.75) is 18.5 Å². The number of halogens is 4. The molecule has 0 radical (unpaired) electrons. The van der Waals surface area contributed by atoms with Crippen LogP contribution in [0.3, 0.4) is 0 Å². The minimum Gasteiger partial charge on any atom is -0.385 e. The van der Waals surface area contributed by atoms with Crippen LogP contribution in [0.4, 0.5) is 18.9 Å². The van der Waals surface area contributed by atoms with Crippen molar-refractivity contribution in [3.05, 3.63) is 29.8 Å².